The van der Waals surface area contributed by atoms with Crippen molar-refractivity contribution in [2.45, 2.75) is 26.3 Å². The van der Waals surface area contributed by atoms with Crippen LogP contribution >= 0.6 is 15.9 Å². The highest BCUT2D eigenvalue weighted by Crippen LogP contribution is 2.33. The summed E-state index contributed by atoms with van der Waals surface area (Å²) in [5.41, 5.74) is 1.21. The van der Waals surface area contributed by atoms with Crippen molar-refractivity contribution < 1.29 is 9.90 Å². The van der Waals surface area contributed by atoms with Gasteiger partial charge in [0.1, 0.15) is 0 Å². The highest BCUT2D eigenvalue weighted by Gasteiger charge is 2.29. The second-order valence-electron chi connectivity index (χ2n) is 4.81. The molecule has 1 aromatic carbocycles. The fourth-order valence-corrected chi connectivity index (χ4v) is 2.91. The average molecular weight is 298 g/mol. The van der Waals surface area contributed by atoms with E-state index >= 15 is 0 Å². The number of carboxylic acids is 1. The lowest BCUT2D eigenvalue weighted by atomic mass is 10.1. The van der Waals surface area contributed by atoms with E-state index in [1.54, 1.807) is 12.1 Å². The maximum atomic E-state index is 11.2. The number of aromatic carboxylic acids is 1. The predicted molar refractivity (Wildman–Crippen MR) is 71.7 cm³/mol. The van der Waals surface area contributed by atoms with Crippen LogP contribution in [-0.4, -0.2) is 23.7 Å². The highest BCUT2D eigenvalue weighted by atomic mass is 79.9. The molecule has 4 heteroatoms. The first-order chi connectivity index (χ1) is 7.99. The van der Waals surface area contributed by atoms with Crippen molar-refractivity contribution in [3.63, 3.8) is 0 Å². The summed E-state index contributed by atoms with van der Waals surface area (Å²) in [6.45, 7) is 5.28. The second kappa shape index (κ2) is 4.69. The molecule has 1 fully saturated rings. The molecule has 0 aliphatic carbocycles. The summed E-state index contributed by atoms with van der Waals surface area (Å²) in [5, 5.41) is 9.23. The normalized spacial score (nSPS) is 24.1. The van der Waals surface area contributed by atoms with Crippen LogP contribution in [0.4, 0.5) is 5.69 Å². The molecule has 1 N–H and O–H groups in total. The minimum Gasteiger partial charge on any atom is -0.478 e. The molecule has 0 aromatic heterocycles. The van der Waals surface area contributed by atoms with Crippen molar-refractivity contribution in [3.8, 4) is 0 Å². The van der Waals surface area contributed by atoms with E-state index in [2.05, 4.69) is 34.7 Å². The molecule has 17 heavy (non-hydrogen) atoms. The summed E-state index contributed by atoms with van der Waals surface area (Å²) in [5.74, 6) is -0.245. The van der Waals surface area contributed by atoms with E-state index in [0.717, 1.165) is 23.1 Å². The fraction of sp³-hybridized carbons (Fsp3) is 0.462. The van der Waals surface area contributed by atoms with Gasteiger partial charge in [-0.05, 0) is 37.5 Å². The maximum Gasteiger partial charge on any atom is 0.337 e. The highest BCUT2D eigenvalue weighted by molar-refractivity contribution is 9.10. The van der Waals surface area contributed by atoms with Crippen LogP contribution < -0.4 is 4.90 Å². The Morgan fingerprint density at radius 2 is 2.18 bits per heavy atom. The fourth-order valence-electron chi connectivity index (χ4n) is 2.56. The number of nitrogens with zero attached hydrogens (tertiary/aromatic N) is 1. The van der Waals surface area contributed by atoms with Crippen LogP contribution in [0.5, 0.6) is 0 Å². The van der Waals surface area contributed by atoms with Gasteiger partial charge < -0.3 is 10.0 Å². The molecular weight excluding hydrogens is 282 g/mol. The Hall–Kier alpha value is -1.03. The average Bonchev–Trinajstić information content (AvgIpc) is 2.57. The smallest absolute Gasteiger partial charge is 0.337 e. The SMILES string of the molecule is CC1CC(C)N(c2cc(Br)ccc2C(=O)O)C1. The van der Waals surface area contributed by atoms with E-state index in [0.29, 0.717) is 17.5 Å². The van der Waals surface area contributed by atoms with Crippen LogP contribution in [0.25, 0.3) is 0 Å². The molecule has 0 radical (unpaired) electrons. The van der Waals surface area contributed by atoms with Gasteiger partial charge in [-0.25, -0.2) is 4.79 Å². The van der Waals surface area contributed by atoms with Crippen LogP contribution in [-0.2, 0) is 0 Å². The van der Waals surface area contributed by atoms with Crippen molar-refractivity contribution in [2.75, 3.05) is 11.4 Å². The van der Waals surface area contributed by atoms with Crippen LogP contribution in [0.2, 0.25) is 0 Å². The summed E-state index contributed by atoms with van der Waals surface area (Å²) < 4.78 is 0.921. The third kappa shape index (κ3) is 2.46. The topological polar surface area (TPSA) is 40.5 Å². The predicted octanol–water partition coefficient (Wildman–Crippen LogP) is 3.38. The number of rotatable bonds is 2. The molecule has 2 unspecified atom stereocenters. The van der Waals surface area contributed by atoms with Crippen molar-refractivity contribution in [1.29, 1.82) is 0 Å². The number of hydrogen-bond donors (Lipinski definition) is 1. The van der Waals surface area contributed by atoms with Gasteiger partial charge in [0.25, 0.3) is 0 Å². The van der Waals surface area contributed by atoms with Crippen molar-refractivity contribution in [3.05, 3.63) is 28.2 Å². The van der Waals surface area contributed by atoms with Crippen LogP contribution in [0.3, 0.4) is 0 Å². The summed E-state index contributed by atoms with van der Waals surface area (Å²) in [4.78, 5) is 13.4. The van der Waals surface area contributed by atoms with Crippen molar-refractivity contribution >= 4 is 27.6 Å². The van der Waals surface area contributed by atoms with Crippen LogP contribution in [0, 0.1) is 5.92 Å². The van der Waals surface area contributed by atoms with Crippen molar-refractivity contribution in [2.24, 2.45) is 5.92 Å². The number of carbonyl (C=O) groups is 1. The van der Waals surface area contributed by atoms with Gasteiger partial charge in [-0.15, -0.1) is 0 Å². The molecule has 92 valence electrons. The molecule has 1 aromatic rings. The van der Waals surface area contributed by atoms with E-state index in [1.807, 2.05) is 6.07 Å². The Bertz CT molecular complexity index is 447. The number of anilines is 1. The number of carboxylic acid groups (broad SMARTS) is 1. The number of halogens is 1. The van der Waals surface area contributed by atoms with E-state index in [1.165, 1.54) is 0 Å². The Morgan fingerprint density at radius 1 is 1.47 bits per heavy atom. The Labute approximate surface area is 110 Å². The third-order valence-corrected chi connectivity index (χ3v) is 3.78. The summed E-state index contributed by atoms with van der Waals surface area (Å²) in [6.07, 6.45) is 1.12. The summed E-state index contributed by atoms with van der Waals surface area (Å²) in [6, 6.07) is 5.74. The van der Waals surface area contributed by atoms with Gasteiger partial charge in [0, 0.05) is 17.1 Å². The van der Waals surface area contributed by atoms with Gasteiger partial charge in [0.2, 0.25) is 0 Å². The zero-order valence-corrected chi connectivity index (χ0v) is 11.6. The first kappa shape index (κ1) is 12.4. The minimum atomic E-state index is -0.862. The Balaban J connectivity index is 2.43. The molecular formula is C13H16BrNO2. The Morgan fingerprint density at radius 3 is 2.71 bits per heavy atom. The molecule has 1 saturated heterocycles. The van der Waals surface area contributed by atoms with Crippen LogP contribution in [0.15, 0.2) is 22.7 Å². The molecule has 3 nitrogen and oxygen atoms in total. The standard InChI is InChI=1S/C13H16BrNO2/c1-8-5-9(2)15(7-8)12-6-10(14)3-4-11(12)13(16)17/h3-4,6,8-9H,5,7H2,1-2H3,(H,16,17). The lowest BCUT2D eigenvalue weighted by Gasteiger charge is -2.25. The van der Waals surface area contributed by atoms with E-state index < -0.39 is 5.97 Å². The van der Waals surface area contributed by atoms with Gasteiger partial charge in [0.05, 0.1) is 11.3 Å². The number of hydrogen-bond acceptors (Lipinski definition) is 2. The van der Waals surface area contributed by atoms with Gasteiger partial charge in [-0.2, -0.15) is 0 Å². The molecule has 1 aliphatic heterocycles. The van der Waals surface area contributed by atoms with E-state index in [9.17, 15) is 9.90 Å². The molecule has 0 saturated carbocycles. The molecule has 1 aliphatic rings. The first-order valence-electron chi connectivity index (χ1n) is 5.78. The second-order valence-corrected chi connectivity index (χ2v) is 5.72. The molecule has 0 bridgehead atoms. The molecule has 2 rings (SSSR count). The zero-order valence-electron chi connectivity index (χ0n) is 9.98. The zero-order chi connectivity index (χ0) is 12.6. The molecule has 0 spiro atoms. The minimum absolute atomic E-state index is 0.383. The largest absolute Gasteiger partial charge is 0.478 e. The Kier molecular flexibility index (Phi) is 3.43. The summed E-state index contributed by atoms with van der Waals surface area (Å²) in [7, 11) is 0. The molecule has 0 amide bonds. The number of benzene rings is 1. The van der Waals surface area contributed by atoms with Crippen LogP contribution in [0.1, 0.15) is 30.6 Å². The van der Waals surface area contributed by atoms with E-state index in [4.69, 9.17) is 0 Å². The van der Waals surface area contributed by atoms with Crippen molar-refractivity contribution in [1.82, 2.24) is 0 Å². The summed E-state index contributed by atoms with van der Waals surface area (Å²) >= 11 is 3.41. The third-order valence-electron chi connectivity index (χ3n) is 3.28. The molecule has 2 atom stereocenters. The first-order valence-corrected chi connectivity index (χ1v) is 6.58. The van der Waals surface area contributed by atoms with Gasteiger partial charge in [0.15, 0.2) is 0 Å². The maximum absolute atomic E-state index is 11.2. The quantitative estimate of drug-likeness (QED) is 0.910. The van der Waals surface area contributed by atoms with Gasteiger partial charge in [-0.1, -0.05) is 22.9 Å². The lowest BCUT2D eigenvalue weighted by Crippen LogP contribution is -2.28. The van der Waals surface area contributed by atoms with Gasteiger partial charge >= 0.3 is 5.97 Å². The van der Waals surface area contributed by atoms with E-state index in [-0.39, 0.29) is 0 Å². The molecule has 1 heterocycles. The monoisotopic (exact) mass is 297 g/mol. The van der Waals surface area contributed by atoms with Gasteiger partial charge in [-0.3, -0.25) is 0 Å². The lowest BCUT2D eigenvalue weighted by molar-refractivity contribution is 0.0697.